The van der Waals surface area contributed by atoms with Crippen LogP contribution in [0.3, 0.4) is 0 Å². The molecular weight excluding hydrogens is 304 g/mol. The molecule has 6 heteroatoms. The standard InChI is InChI=1S/C18H24N4O2/c1-3-13-9-7-8-12-15(13)22-19-16(18(23)24)17(20-22)21(2)14-10-5-4-6-11-14/h7-9,12,14H,3-6,10-11H2,1-2H3,(H,23,24). The minimum atomic E-state index is -1.03. The molecule has 2 aromatic rings. The second-order valence-electron chi connectivity index (χ2n) is 6.35. The Kier molecular flexibility index (Phi) is 4.83. The van der Waals surface area contributed by atoms with Gasteiger partial charge in [-0.1, -0.05) is 44.4 Å². The van der Waals surface area contributed by atoms with E-state index in [9.17, 15) is 9.90 Å². The lowest BCUT2D eigenvalue weighted by Gasteiger charge is -2.31. The van der Waals surface area contributed by atoms with Gasteiger partial charge < -0.3 is 10.0 Å². The summed E-state index contributed by atoms with van der Waals surface area (Å²) >= 11 is 0. The van der Waals surface area contributed by atoms with Gasteiger partial charge in [-0.25, -0.2) is 4.79 Å². The predicted octanol–water partition coefficient (Wildman–Crippen LogP) is 3.30. The van der Waals surface area contributed by atoms with Crippen molar-refractivity contribution in [3.05, 3.63) is 35.5 Å². The Bertz CT molecular complexity index is 720. The molecule has 1 heterocycles. The number of para-hydroxylation sites is 1. The van der Waals surface area contributed by atoms with Crippen LogP contribution < -0.4 is 4.90 Å². The van der Waals surface area contributed by atoms with Crippen molar-refractivity contribution in [2.75, 3.05) is 11.9 Å². The normalized spacial score (nSPS) is 15.4. The van der Waals surface area contributed by atoms with Crippen LogP contribution >= 0.6 is 0 Å². The molecule has 1 aromatic carbocycles. The van der Waals surface area contributed by atoms with Gasteiger partial charge in [0.2, 0.25) is 5.69 Å². The molecule has 1 aromatic heterocycles. The molecule has 0 saturated heterocycles. The summed E-state index contributed by atoms with van der Waals surface area (Å²) in [7, 11) is 1.93. The Morgan fingerprint density at radius 1 is 1.25 bits per heavy atom. The molecule has 1 fully saturated rings. The van der Waals surface area contributed by atoms with E-state index in [1.807, 2.05) is 36.2 Å². The molecule has 1 N–H and O–H groups in total. The molecule has 1 saturated carbocycles. The maximum Gasteiger partial charge on any atom is 0.360 e. The number of hydrogen-bond donors (Lipinski definition) is 1. The molecule has 0 radical (unpaired) electrons. The number of carboxylic acid groups (broad SMARTS) is 1. The SMILES string of the molecule is CCc1ccccc1-n1nc(C(=O)O)c(N(C)C2CCCCC2)n1. The van der Waals surface area contributed by atoms with Crippen LogP contribution in [0.5, 0.6) is 0 Å². The first kappa shape index (κ1) is 16.5. The van der Waals surface area contributed by atoms with Gasteiger partial charge in [0.05, 0.1) is 5.69 Å². The number of anilines is 1. The first-order chi connectivity index (χ1) is 11.6. The third-order valence-corrected chi connectivity index (χ3v) is 4.84. The summed E-state index contributed by atoms with van der Waals surface area (Å²) in [5, 5.41) is 18.4. The maximum absolute atomic E-state index is 11.7. The van der Waals surface area contributed by atoms with Crippen LogP contribution in [0.15, 0.2) is 24.3 Å². The van der Waals surface area contributed by atoms with Crippen molar-refractivity contribution in [3.8, 4) is 5.69 Å². The van der Waals surface area contributed by atoms with E-state index in [0.29, 0.717) is 11.9 Å². The summed E-state index contributed by atoms with van der Waals surface area (Å²) in [6, 6.07) is 8.17. The highest BCUT2D eigenvalue weighted by Gasteiger charge is 2.27. The van der Waals surface area contributed by atoms with Gasteiger partial charge in [-0.2, -0.15) is 0 Å². The first-order valence-corrected chi connectivity index (χ1v) is 8.63. The van der Waals surface area contributed by atoms with Gasteiger partial charge in [0.15, 0.2) is 5.82 Å². The number of aromatic nitrogens is 3. The molecule has 128 valence electrons. The fourth-order valence-electron chi connectivity index (χ4n) is 3.43. The summed E-state index contributed by atoms with van der Waals surface area (Å²) in [4.78, 5) is 15.1. The Morgan fingerprint density at radius 3 is 2.62 bits per heavy atom. The molecule has 24 heavy (non-hydrogen) atoms. The number of carbonyl (C=O) groups is 1. The minimum absolute atomic E-state index is 0.0222. The third-order valence-electron chi connectivity index (χ3n) is 4.84. The molecule has 6 nitrogen and oxygen atoms in total. The fourth-order valence-corrected chi connectivity index (χ4v) is 3.43. The van der Waals surface area contributed by atoms with Crippen molar-refractivity contribution in [1.82, 2.24) is 15.0 Å². The lowest BCUT2D eigenvalue weighted by molar-refractivity contribution is 0.0690. The van der Waals surface area contributed by atoms with Crippen LogP contribution in [0.1, 0.15) is 55.1 Å². The van der Waals surface area contributed by atoms with Gasteiger partial charge in [-0.3, -0.25) is 0 Å². The molecular formula is C18H24N4O2. The van der Waals surface area contributed by atoms with Crippen molar-refractivity contribution >= 4 is 11.8 Å². The van der Waals surface area contributed by atoms with Crippen molar-refractivity contribution in [3.63, 3.8) is 0 Å². The summed E-state index contributed by atoms with van der Waals surface area (Å²) in [6.45, 7) is 2.06. The zero-order chi connectivity index (χ0) is 17.1. The average molecular weight is 328 g/mol. The Balaban J connectivity index is 2.00. The first-order valence-electron chi connectivity index (χ1n) is 8.63. The molecule has 0 atom stereocenters. The van der Waals surface area contributed by atoms with Crippen molar-refractivity contribution in [2.24, 2.45) is 0 Å². The zero-order valence-electron chi connectivity index (χ0n) is 14.3. The van der Waals surface area contributed by atoms with E-state index in [0.717, 1.165) is 30.5 Å². The number of benzene rings is 1. The van der Waals surface area contributed by atoms with Crippen molar-refractivity contribution < 1.29 is 9.90 Å². The highest BCUT2D eigenvalue weighted by atomic mass is 16.4. The van der Waals surface area contributed by atoms with Gasteiger partial charge >= 0.3 is 5.97 Å². The molecule has 1 aliphatic rings. The molecule has 0 bridgehead atoms. The third kappa shape index (κ3) is 3.13. The van der Waals surface area contributed by atoms with Crippen LogP contribution in [0.25, 0.3) is 5.69 Å². The van der Waals surface area contributed by atoms with Crippen LogP contribution in [0, 0.1) is 0 Å². The number of carboxylic acids is 1. The topological polar surface area (TPSA) is 71.2 Å². The van der Waals surface area contributed by atoms with Gasteiger partial charge in [-0.15, -0.1) is 15.0 Å². The van der Waals surface area contributed by atoms with Crippen LogP contribution in [-0.4, -0.2) is 39.2 Å². The Hall–Kier alpha value is -2.37. The van der Waals surface area contributed by atoms with E-state index in [-0.39, 0.29) is 5.69 Å². The van der Waals surface area contributed by atoms with E-state index in [4.69, 9.17) is 0 Å². The van der Waals surface area contributed by atoms with Gasteiger partial charge in [0, 0.05) is 13.1 Å². The molecule has 0 unspecified atom stereocenters. The average Bonchev–Trinajstić information content (AvgIpc) is 3.07. The Labute approximate surface area is 142 Å². The van der Waals surface area contributed by atoms with Gasteiger partial charge in [0.1, 0.15) is 0 Å². The molecule has 1 aliphatic carbocycles. The van der Waals surface area contributed by atoms with Gasteiger partial charge in [0.25, 0.3) is 0 Å². The van der Waals surface area contributed by atoms with Crippen LogP contribution in [0.4, 0.5) is 5.82 Å². The second kappa shape index (κ2) is 7.03. The predicted molar refractivity (Wildman–Crippen MR) is 93.0 cm³/mol. The summed E-state index contributed by atoms with van der Waals surface area (Å²) in [6.07, 6.45) is 6.62. The molecule has 0 amide bonds. The number of hydrogen-bond acceptors (Lipinski definition) is 4. The highest BCUT2D eigenvalue weighted by molar-refractivity contribution is 5.91. The van der Waals surface area contributed by atoms with E-state index in [1.54, 1.807) is 0 Å². The lowest BCUT2D eigenvalue weighted by Crippen LogP contribution is -2.34. The zero-order valence-corrected chi connectivity index (χ0v) is 14.3. The smallest absolute Gasteiger partial charge is 0.360 e. The molecule has 3 rings (SSSR count). The quantitative estimate of drug-likeness (QED) is 0.912. The minimum Gasteiger partial charge on any atom is -0.476 e. The van der Waals surface area contributed by atoms with E-state index in [1.165, 1.54) is 24.1 Å². The summed E-state index contributed by atoms with van der Waals surface area (Å²) < 4.78 is 0. The van der Waals surface area contributed by atoms with E-state index in [2.05, 4.69) is 17.1 Å². The number of rotatable bonds is 5. The van der Waals surface area contributed by atoms with E-state index >= 15 is 0 Å². The van der Waals surface area contributed by atoms with Gasteiger partial charge in [-0.05, 0) is 30.9 Å². The highest BCUT2D eigenvalue weighted by Crippen LogP contribution is 2.27. The Morgan fingerprint density at radius 2 is 1.96 bits per heavy atom. The maximum atomic E-state index is 11.7. The molecule has 0 aliphatic heterocycles. The number of aromatic carboxylic acids is 1. The largest absolute Gasteiger partial charge is 0.476 e. The second-order valence-corrected chi connectivity index (χ2v) is 6.35. The van der Waals surface area contributed by atoms with Crippen molar-refractivity contribution in [2.45, 2.75) is 51.5 Å². The molecule has 0 spiro atoms. The summed E-state index contributed by atoms with van der Waals surface area (Å²) in [5.41, 5.74) is 1.95. The van der Waals surface area contributed by atoms with Crippen LogP contribution in [-0.2, 0) is 6.42 Å². The summed E-state index contributed by atoms with van der Waals surface area (Å²) in [5.74, 6) is -0.576. The van der Waals surface area contributed by atoms with E-state index < -0.39 is 5.97 Å². The van der Waals surface area contributed by atoms with Crippen molar-refractivity contribution in [1.29, 1.82) is 0 Å². The number of nitrogens with zero attached hydrogens (tertiary/aromatic N) is 4. The number of aryl methyl sites for hydroxylation is 1. The lowest BCUT2D eigenvalue weighted by atomic mass is 9.94. The van der Waals surface area contributed by atoms with Crippen LogP contribution in [0.2, 0.25) is 0 Å². The fraction of sp³-hybridized carbons (Fsp3) is 0.500. The monoisotopic (exact) mass is 328 g/mol.